The molecular weight excluding hydrogens is 336 g/mol. The van der Waals surface area contributed by atoms with Crippen molar-refractivity contribution in [3.05, 3.63) is 64.9 Å². The van der Waals surface area contributed by atoms with E-state index in [0.717, 1.165) is 22.3 Å². The van der Waals surface area contributed by atoms with Crippen molar-refractivity contribution in [1.29, 1.82) is 0 Å². The summed E-state index contributed by atoms with van der Waals surface area (Å²) in [5, 5.41) is 4.93. The van der Waals surface area contributed by atoms with Gasteiger partial charge in [0.25, 0.3) is 0 Å². The highest BCUT2D eigenvalue weighted by Gasteiger charge is 2.11. The van der Waals surface area contributed by atoms with Crippen molar-refractivity contribution in [3.63, 3.8) is 0 Å². The van der Waals surface area contributed by atoms with E-state index in [1.807, 2.05) is 67.1 Å². The van der Waals surface area contributed by atoms with Gasteiger partial charge in [-0.15, -0.1) is 0 Å². The highest BCUT2D eigenvalue weighted by molar-refractivity contribution is 6.30. The standard InChI is InChI=1S/C19H19ClN4O/c1-3-15(13-8-10-14(20)11-9-13)22-23-19(25)12-18-21-16-6-4-5-7-17(16)24(18)2/h4-11H,3,12H2,1-2H3,(H,23,25)/b22-15+. The lowest BCUT2D eigenvalue weighted by atomic mass is 10.1. The second-order valence-corrected chi connectivity index (χ2v) is 6.14. The first-order chi connectivity index (χ1) is 12.1. The number of imidazole rings is 1. The number of benzene rings is 2. The molecule has 0 aliphatic carbocycles. The van der Waals surface area contributed by atoms with Crippen molar-refractivity contribution in [2.45, 2.75) is 19.8 Å². The largest absolute Gasteiger partial charge is 0.331 e. The molecule has 5 nitrogen and oxygen atoms in total. The molecule has 0 bridgehead atoms. The Morgan fingerprint density at radius 1 is 1.20 bits per heavy atom. The zero-order valence-electron chi connectivity index (χ0n) is 14.2. The smallest absolute Gasteiger partial charge is 0.247 e. The molecular formula is C19H19ClN4O. The Balaban J connectivity index is 1.72. The number of amides is 1. The van der Waals surface area contributed by atoms with Crippen molar-refractivity contribution in [2.75, 3.05) is 0 Å². The van der Waals surface area contributed by atoms with E-state index < -0.39 is 0 Å². The lowest BCUT2D eigenvalue weighted by molar-refractivity contribution is -0.120. The monoisotopic (exact) mass is 354 g/mol. The predicted octanol–water partition coefficient (Wildman–Crippen LogP) is 3.70. The molecule has 1 heterocycles. The Labute approximate surface area is 151 Å². The van der Waals surface area contributed by atoms with Gasteiger partial charge in [0.1, 0.15) is 5.82 Å². The third-order valence-electron chi connectivity index (χ3n) is 4.03. The first-order valence-electron chi connectivity index (χ1n) is 8.10. The Kier molecular flexibility index (Phi) is 5.14. The average Bonchev–Trinajstić information content (AvgIpc) is 2.93. The molecule has 0 saturated carbocycles. The van der Waals surface area contributed by atoms with Crippen LogP contribution in [-0.2, 0) is 18.3 Å². The molecule has 3 aromatic rings. The Morgan fingerprint density at radius 2 is 1.92 bits per heavy atom. The number of hydrazone groups is 1. The van der Waals surface area contributed by atoms with E-state index >= 15 is 0 Å². The molecule has 0 saturated heterocycles. The highest BCUT2D eigenvalue weighted by atomic mass is 35.5. The van der Waals surface area contributed by atoms with Gasteiger partial charge in [0, 0.05) is 12.1 Å². The number of aromatic nitrogens is 2. The molecule has 0 unspecified atom stereocenters. The molecule has 0 aliphatic rings. The molecule has 3 rings (SSSR count). The maximum absolute atomic E-state index is 12.3. The Hall–Kier alpha value is -2.66. The van der Waals surface area contributed by atoms with Crippen molar-refractivity contribution < 1.29 is 4.79 Å². The fourth-order valence-electron chi connectivity index (χ4n) is 2.66. The molecule has 2 aromatic carbocycles. The molecule has 1 amide bonds. The molecule has 0 radical (unpaired) electrons. The van der Waals surface area contributed by atoms with Crippen LogP contribution >= 0.6 is 11.6 Å². The number of para-hydroxylation sites is 2. The first kappa shape index (κ1) is 17.2. The second kappa shape index (κ2) is 7.49. The van der Waals surface area contributed by atoms with Crippen LogP contribution in [0.2, 0.25) is 5.02 Å². The zero-order valence-corrected chi connectivity index (χ0v) is 14.9. The quantitative estimate of drug-likeness (QED) is 0.561. The number of nitrogens with zero attached hydrogens (tertiary/aromatic N) is 3. The number of hydrogen-bond donors (Lipinski definition) is 1. The van der Waals surface area contributed by atoms with Crippen molar-refractivity contribution in [3.8, 4) is 0 Å². The summed E-state index contributed by atoms with van der Waals surface area (Å²) in [4.78, 5) is 16.8. The van der Waals surface area contributed by atoms with Crippen LogP contribution in [0.1, 0.15) is 24.7 Å². The summed E-state index contributed by atoms with van der Waals surface area (Å²) >= 11 is 5.91. The molecule has 0 atom stereocenters. The number of rotatable bonds is 5. The molecule has 1 N–H and O–H groups in total. The van der Waals surface area contributed by atoms with E-state index in [-0.39, 0.29) is 12.3 Å². The van der Waals surface area contributed by atoms with Gasteiger partial charge in [0.15, 0.2) is 0 Å². The van der Waals surface area contributed by atoms with Crippen LogP contribution in [0.3, 0.4) is 0 Å². The van der Waals surface area contributed by atoms with Crippen LogP contribution in [0, 0.1) is 0 Å². The van der Waals surface area contributed by atoms with E-state index in [0.29, 0.717) is 17.3 Å². The summed E-state index contributed by atoms with van der Waals surface area (Å²) in [6.45, 7) is 1.99. The van der Waals surface area contributed by atoms with E-state index in [9.17, 15) is 4.79 Å². The zero-order chi connectivity index (χ0) is 17.8. The molecule has 0 fully saturated rings. The minimum Gasteiger partial charge on any atom is -0.331 e. The topological polar surface area (TPSA) is 59.3 Å². The van der Waals surface area contributed by atoms with Gasteiger partial charge in [-0.2, -0.15) is 5.10 Å². The third kappa shape index (κ3) is 3.88. The lowest BCUT2D eigenvalue weighted by Gasteiger charge is -2.06. The predicted molar refractivity (Wildman–Crippen MR) is 101 cm³/mol. The van der Waals surface area contributed by atoms with Crippen molar-refractivity contribution in [1.82, 2.24) is 15.0 Å². The fourth-order valence-corrected chi connectivity index (χ4v) is 2.78. The van der Waals surface area contributed by atoms with Crippen LogP contribution in [0.25, 0.3) is 11.0 Å². The summed E-state index contributed by atoms with van der Waals surface area (Å²) in [5.41, 5.74) is 6.26. The Morgan fingerprint density at radius 3 is 2.60 bits per heavy atom. The fraction of sp³-hybridized carbons (Fsp3) is 0.211. The van der Waals surface area contributed by atoms with Gasteiger partial charge in [-0.25, -0.2) is 10.4 Å². The summed E-state index contributed by atoms with van der Waals surface area (Å²) < 4.78 is 1.93. The summed E-state index contributed by atoms with van der Waals surface area (Å²) in [5.74, 6) is 0.511. The maximum Gasteiger partial charge on any atom is 0.247 e. The normalized spacial score (nSPS) is 11.7. The van der Waals surface area contributed by atoms with Crippen molar-refractivity contribution >= 4 is 34.3 Å². The molecule has 0 spiro atoms. The van der Waals surface area contributed by atoms with E-state index in [4.69, 9.17) is 11.6 Å². The number of halogens is 1. The minimum absolute atomic E-state index is 0.173. The van der Waals surface area contributed by atoms with Gasteiger partial charge < -0.3 is 4.57 Å². The number of hydrogen-bond acceptors (Lipinski definition) is 3. The summed E-state index contributed by atoms with van der Waals surface area (Å²) in [6.07, 6.45) is 0.875. The van der Waals surface area contributed by atoms with E-state index in [1.165, 1.54) is 0 Å². The molecule has 6 heteroatoms. The molecule has 0 aliphatic heterocycles. The highest BCUT2D eigenvalue weighted by Crippen LogP contribution is 2.14. The maximum atomic E-state index is 12.3. The van der Waals surface area contributed by atoms with Gasteiger partial charge in [-0.1, -0.05) is 42.8 Å². The SMILES string of the molecule is CC/C(=N\NC(=O)Cc1nc2ccccc2n1C)c1ccc(Cl)cc1. The first-order valence-corrected chi connectivity index (χ1v) is 8.48. The van der Waals surface area contributed by atoms with Gasteiger partial charge in [0.05, 0.1) is 23.2 Å². The van der Waals surface area contributed by atoms with Gasteiger partial charge in [0.2, 0.25) is 5.91 Å². The van der Waals surface area contributed by atoms with Crippen LogP contribution in [-0.4, -0.2) is 21.2 Å². The van der Waals surface area contributed by atoms with Gasteiger partial charge in [-0.05, 0) is 36.2 Å². The van der Waals surface area contributed by atoms with Gasteiger partial charge >= 0.3 is 0 Å². The van der Waals surface area contributed by atoms with E-state index in [1.54, 1.807) is 0 Å². The van der Waals surface area contributed by atoms with Crippen LogP contribution in [0.5, 0.6) is 0 Å². The van der Waals surface area contributed by atoms with Crippen molar-refractivity contribution in [2.24, 2.45) is 12.1 Å². The number of fused-ring (bicyclic) bond motifs is 1. The number of carbonyl (C=O) groups is 1. The average molecular weight is 355 g/mol. The van der Waals surface area contributed by atoms with Gasteiger partial charge in [-0.3, -0.25) is 4.79 Å². The lowest BCUT2D eigenvalue weighted by Crippen LogP contribution is -2.23. The number of aryl methyl sites for hydroxylation is 1. The van der Waals surface area contributed by atoms with E-state index in [2.05, 4.69) is 15.5 Å². The van der Waals surface area contributed by atoms with Crippen LogP contribution < -0.4 is 5.43 Å². The van der Waals surface area contributed by atoms with Crippen LogP contribution in [0.15, 0.2) is 53.6 Å². The second-order valence-electron chi connectivity index (χ2n) is 5.71. The minimum atomic E-state index is -0.196. The molecule has 25 heavy (non-hydrogen) atoms. The third-order valence-corrected chi connectivity index (χ3v) is 4.28. The molecule has 128 valence electrons. The molecule has 1 aromatic heterocycles. The van der Waals surface area contributed by atoms with Crippen LogP contribution in [0.4, 0.5) is 0 Å². The Bertz CT molecular complexity index is 928. The number of carbonyl (C=O) groups excluding carboxylic acids is 1. The summed E-state index contributed by atoms with van der Waals surface area (Å²) in [6, 6.07) is 15.2. The summed E-state index contributed by atoms with van der Waals surface area (Å²) in [7, 11) is 1.91. The number of nitrogens with one attached hydrogen (secondary N) is 1.